The molecular weight excluding hydrogens is 155 g/mol. The summed E-state index contributed by atoms with van der Waals surface area (Å²) in [5, 5.41) is 3.23. The smallest absolute Gasteiger partial charge is 0.106 e. The Bertz CT molecular complexity index is 138. The molecule has 1 saturated heterocycles. The maximum Gasteiger partial charge on any atom is 0.106 e. The van der Waals surface area contributed by atoms with E-state index >= 15 is 0 Å². The molecule has 0 aliphatic carbocycles. The summed E-state index contributed by atoms with van der Waals surface area (Å²) in [5.41, 5.74) is 0. The number of alkyl halides is 1. The first-order valence-electron chi connectivity index (χ1n) is 4.69. The molecule has 0 saturated carbocycles. The summed E-state index contributed by atoms with van der Waals surface area (Å²) in [4.78, 5) is 2.32. The Balaban J connectivity index is 2.45. The van der Waals surface area contributed by atoms with Crippen molar-refractivity contribution in [2.75, 3.05) is 19.8 Å². The lowest BCUT2D eigenvalue weighted by Gasteiger charge is -2.38. The Morgan fingerprint density at radius 1 is 1.50 bits per heavy atom. The van der Waals surface area contributed by atoms with Crippen LogP contribution in [0, 0.1) is 0 Å². The average Bonchev–Trinajstić information content (AvgIpc) is 2.03. The highest BCUT2D eigenvalue weighted by atomic mass is 19.1. The van der Waals surface area contributed by atoms with Crippen molar-refractivity contribution in [3.05, 3.63) is 0 Å². The van der Waals surface area contributed by atoms with Crippen LogP contribution in [0.3, 0.4) is 0 Å². The standard InChI is InChI=1S/C9H19FN2/c1-7(2)12-5-8(3)11-9(4-10)6-12/h7-9,11H,4-6H2,1-3H3/t8?,9-/m0/s1. The number of halogens is 1. The van der Waals surface area contributed by atoms with Gasteiger partial charge in [0.15, 0.2) is 0 Å². The summed E-state index contributed by atoms with van der Waals surface area (Å²) in [6, 6.07) is 0.988. The van der Waals surface area contributed by atoms with Gasteiger partial charge in [0, 0.05) is 31.2 Å². The minimum Gasteiger partial charge on any atom is -0.307 e. The minimum absolute atomic E-state index is 0.0381. The average molecular weight is 174 g/mol. The Labute approximate surface area is 74.1 Å². The van der Waals surface area contributed by atoms with Crippen LogP contribution < -0.4 is 5.32 Å². The molecule has 0 aromatic rings. The maximum absolute atomic E-state index is 12.4. The van der Waals surface area contributed by atoms with Gasteiger partial charge in [0.1, 0.15) is 6.67 Å². The fourth-order valence-electron chi connectivity index (χ4n) is 1.73. The van der Waals surface area contributed by atoms with Gasteiger partial charge in [0.25, 0.3) is 0 Å². The molecule has 3 heteroatoms. The molecule has 0 amide bonds. The quantitative estimate of drug-likeness (QED) is 0.672. The van der Waals surface area contributed by atoms with Crippen molar-refractivity contribution in [2.24, 2.45) is 0 Å². The molecule has 1 aliphatic heterocycles. The van der Waals surface area contributed by atoms with Crippen molar-refractivity contribution in [3.8, 4) is 0 Å². The number of hydrogen-bond acceptors (Lipinski definition) is 2. The zero-order valence-corrected chi connectivity index (χ0v) is 8.18. The third-order valence-electron chi connectivity index (χ3n) is 2.40. The zero-order chi connectivity index (χ0) is 9.14. The molecule has 2 atom stereocenters. The van der Waals surface area contributed by atoms with Gasteiger partial charge < -0.3 is 5.32 Å². The molecule has 0 bridgehead atoms. The van der Waals surface area contributed by atoms with Crippen LogP contribution in [0.25, 0.3) is 0 Å². The van der Waals surface area contributed by atoms with Crippen LogP contribution in [-0.2, 0) is 0 Å². The number of rotatable bonds is 2. The van der Waals surface area contributed by atoms with Crippen LogP contribution in [0.1, 0.15) is 20.8 Å². The molecule has 1 unspecified atom stereocenters. The number of piperazine rings is 1. The van der Waals surface area contributed by atoms with Gasteiger partial charge in [-0.2, -0.15) is 0 Å². The highest BCUT2D eigenvalue weighted by Crippen LogP contribution is 2.08. The van der Waals surface area contributed by atoms with Crippen LogP contribution in [0.5, 0.6) is 0 Å². The van der Waals surface area contributed by atoms with Gasteiger partial charge in [0.05, 0.1) is 0 Å². The lowest BCUT2D eigenvalue weighted by atomic mass is 10.1. The summed E-state index contributed by atoms with van der Waals surface area (Å²) in [5.74, 6) is 0. The molecule has 12 heavy (non-hydrogen) atoms. The fraction of sp³-hybridized carbons (Fsp3) is 1.00. The van der Waals surface area contributed by atoms with E-state index < -0.39 is 0 Å². The van der Waals surface area contributed by atoms with Crippen molar-refractivity contribution in [2.45, 2.75) is 38.9 Å². The van der Waals surface area contributed by atoms with Gasteiger partial charge >= 0.3 is 0 Å². The molecule has 0 aromatic heterocycles. The van der Waals surface area contributed by atoms with Gasteiger partial charge in [-0.05, 0) is 20.8 Å². The summed E-state index contributed by atoms with van der Waals surface area (Å²) >= 11 is 0. The van der Waals surface area contributed by atoms with E-state index in [-0.39, 0.29) is 12.7 Å². The van der Waals surface area contributed by atoms with Gasteiger partial charge in [0.2, 0.25) is 0 Å². The first kappa shape index (κ1) is 9.93. The highest BCUT2D eigenvalue weighted by Gasteiger charge is 2.24. The predicted molar refractivity (Wildman–Crippen MR) is 49.1 cm³/mol. The lowest BCUT2D eigenvalue weighted by molar-refractivity contribution is 0.122. The predicted octanol–water partition coefficient (Wildman–Crippen LogP) is 1.03. The van der Waals surface area contributed by atoms with Crippen LogP contribution in [0.2, 0.25) is 0 Å². The second kappa shape index (κ2) is 4.19. The van der Waals surface area contributed by atoms with E-state index in [1.807, 2.05) is 0 Å². The monoisotopic (exact) mass is 174 g/mol. The molecule has 1 fully saturated rings. The maximum atomic E-state index is 12.4. The van der Waals surface area contributed by atoms with Gasteiger partial charge in [-0.1, -0.05) is 0 Å². The minimum atomic E-state index is -0.256. The van der Waals surface area contributed by atoms with E-state index in [0.29, 0.717) is 12.1 Å². The molecular formula is C9H19FN2. The first-order valence-corrected chi connectivity index (χ1v) is 4.69. The summed E-state index contributed by atoms with van der Waals surface area (Å²) in [6.07, 6.45) is 0. The van der Waals surface area contributed by atoms with Gasteiger partial charge in [-0.15, -0.1) is 0 Å². The van der Waals surface area contributed by atoms with E-state index in [9.17, 15) is 4.39 Å². The van der Waals surface area contributed by atoms with Crippen LogP contribution in [0.15, 0.2) is 0 Å². The summed E-state index contributed by atoms with van der Waals surface area (Å²) < 4.78 is 12.4. The fourth-order valence-corrected chi connectivity index (χ4v) is 1.73. The Morgan fingerprint density at radius 3 is 2.67 bits per heavy atom. The normalized spacial score (nSPS) is 32.8. The first-order chi connectivity index (χ1) is 5.63. The number of hydrogen-bond donors (Lipinski definition) is 1. The summed E-state index contributed by atoms with van der Waals surface area (Å²) in [6.45, 7) is 8.05. The van der Waals surface area contributed by atoms with E-state index in [1.54, 1.807) is 0 Å². The van der Waals surface area contributed by atoms with E-state index in [2.05, 4.69) is 31.0 Å². The summed E-state index contributed by atoms with van der Waals surface area (Å²) in [7, 11) is 0. The van der Waals surface area contributed by atoms with Gasteiger partial charge in [-0.25, -0.2) is 4.39 Å². The highest BCUT2D eigenvalue weighted by molar-refractivity contribution is 4.84. The Hall–Kier alpha value is -0.150. The SMILES string of the molecule is CC1CN(C(C)C)C[C@H](CF)N1. The van der Waals surface area contributed by atoms with Gasteiger partial charge in [-0.3, -0.25) is 4.90 Å². The Kier molecular flexibility index (Phi) is 3.47. The largest absolute Gasteiger partial charge is 0.307 e. The van der Waals surface area contributed by atoms with Crippen LogP contribution in [-0.4, -0.2) is 42.8 Å². The molecule has 72 valence electrons. The van der Waals surface area contributed by atoms with Crippen molar-refractivity contribution in [3.63, 3.8) is 0 Å². The molecule has 1 aliphatic rings. The molecule has 0 radical (unpaired) electrons. The van der Waals surface area contributed by atoms with Crippen molar-refractivity contribution in [1.29, 1.82) is 0 Å². The molecule has 1 heterocycles. The lowest BCUT2D eigenvalue weighted by Crippen LogP contribution is -2.57. The molecule has 1 N–H and O–H groups in total. The second-order valence-corrected chi connectivity index (χ2v) is 3.97. The number of nitrogens with zero attached hydrogens (tertiary/aromatic N) is 1. The zero-order valence-electron chi connectivity index (χ0n) is 8.18. The van der Waals surface area contributed by atoms with E-state index in [1.165, 1.54) is 0 Å². The van der Waals surface area contributed by atoms with Crippen LogP contribution in [0.4, 0.5) is 4.39 Å². The molecule has 1 rings (SSSR count). The van der Waals surface area contributed by atoms with Crippen molar-refractivity contribution in [1.82, 2.24) is 10.2 Å². The topological polar surface area (TPSA) is 15.3 Å². The van der Waals surface area contributed by atoms with E-state index in [4.69, 9.17) is 0 Å². The van der Waals surface area contributed by atoms with E-state index in [0.717, 1.165) is 13.1 Å². The molecule has 0 aromatic carbocycles. The van der Waals surface area contributed by atoms with Crippen molar-refractivity contribution < 1.29 is 4.39 Å². The van der Waals surface area contributed by atoms with Crippen LogP contribution >= 0.6 is 0 Å². The van der Waals surface area contributed by atoms with Crippen molar-refractivity contribution >= 4 is 0 Å². The third-order valence-corrected chi connectivity index (χ3v) is 2.40. The molecule has 0 spiro atoms. The third kappa shape index (κ3) is 2.42. The molecule has 2 nitrogen and oxygen atoms in total. The number of nitrogens with one attached hydrogen (secondary N) is 1. The Morgan fingerprint density at radius 2 is 2.17 bits per heavy atom. The second-order valence-electron chi connectivity index (χ2n) is 3.97.